The molecule has 28 heavy (non-hydrogen) atoms. The number of H-pyrrole nitrogens is 1. The van der Waals surface area contributed by atoms with Gasteiger partial charge in [0.1, 0.15) is 0 Å². The van der Waals surface area contributed by atoms with Gasteiger partial charge in [-0.25, -0.2) is 4.68 Å². The van der Waals surface area contributed by atoms with E-state index < -0.39 is 4.92 Å². The minimum absolute atomic E-state index is 0.0262. The van der Waals surface area contributed by atoms with E-state index in [1.807, 2.05) is 44.2 Å². The molecule has 3 rings (SSSR count). The van der Waals surface area contributed by atoms with Crippen molar-refractivity contribution in [3.8, 4) is 5.69 Å². The molecular weight excluding hydrogens is 356 g/mol. The van der Waals surface area contributed by atoms with Crippen LogP contribution in [0.2, 0.25) is 0 Å². The summed E-state index contributed by atoms with van der Waals surface area (Å²) in [7, 11) is 0. The SMILES string of the molecule is CCCc1[nH]n(-c2ccccc2)c(=O)c1C(C)=Nc1cc([N+](=O)[O-])ccc1C. The number of rotatable bonds is 6. The lowest BCUT2D eigenvalue weighted by atomic mass is 10.1. The van der Waals surface area contributed by atoms with E-state index >= 15 is 0 Å². The molecule has 0 amide bonds. The topological polar surface area (TPSA) is 93.3 Å². The number of para-hydroxylation sites is 1. The molecule has 1 heterocycles. The van der Waals surface area contributed by atoms with Crippen LogP contribution in [-0.2, 0) is 6.42 Å². The van der Waals surface area contributed by atoms with Gasteiger partial charge in [-0.3, -0.25) is 25.0 Å². The van der Waals surface area contributed by atoms with Gasteiger partial charge in [0.05, 0.1) is 27.6 Å². The van der Waals surface area contributed by atoms with Crippen LogP contribution >= 0.6 is 0 Å². The Balaban J connectivity index is 2.14. The minimum atomic E-state index is -0.449. The van der Waals surface area contributed by atoms with Crippen molar-refractivity contribution in [1.29, 1.82) is 0 Å². The summed E-state index contributed by atoms with van der Waals surface area (Å²) in [6.07, 6.45) is 1.57. The maximum Gasteiger partial charge on any atom is 0.280 e. The molecule has 7 nitrogen and oxygen atoms in total. The second-order valence-electron chi connectivity index (χ2n) is 6.62. The predicted molar refractivity (Wildman–Crippen MR) is 110 cm³/mol. The molecule has 0 aliphatic carbocycles. The average molecular weight is 378 g/mol. The summed E-state index contributed by atoms with van der Waals surface area (Å²) in [6, 6.07) is 13.9. The Labute approximate surface area is 162 Å². The molecule has 0 saturated carbocycles. The molecule has 1 N–H and O–H groups in total. The fraction of sp³-hybridized carbons (Fsp3) is 0.238. The fourth-order valence-electron chi connectivity index (χ4n) is 3.11. The molecule has 0 radical (unpaired) electrons. The quantitative estimate of drug-likeness (QED) is 0.389. The standard InChI is InChI=1S/C21H22N4O3/c1-4-8-18-20(21(26)24(23-18)16-9-6-5-7-10-16)15(3)22-19-13-17(25(27)28)12-11-14(19)2/h5-7,9-13,23H,4,8H2,1-3H3. The van der Waals surface area contributed by atoms with E-state index in [1.54, 1.807) is 13.0 Å². The number of aryl methyl sites for hydroxylation is 2. The summed E-state index contributed by atoms with van der Waals surface area (Å²) in [6.45, 7) is 5.64. The predicted octanol–water partition coefficient (Wildman–Crippen LogP) is 4.48. The van der Waals surface area contributed by atoms with Crippen molar-refractivity contribution < 1.29 is 4.92 Å². The summed E-state index contributed by atoms with van der Waals surface area (Å²) in [5, 5.41) is 14.3. The zero-order valence-corrected chi connectivity index (χ0v) is 16.1. The number of hydrogen-bond acceptors (Lipinski definition) is 4. The summed E-state index contributed by atoms with van der Waals surface area (Å²) in [5.41, 5.74) is 3.68. The molecule has 0 saturated heterocycles. The van der Waals surface area contributed by atoms with Gasteiger partial charge in [0, 0.05) is 17.8 Å². The summed E-state index contributed by atoms with van der Waals surface area (Å²) >= 11 is 0. The number of nitrogens with one attached hydrogen (secondary N) is 1. The van der Waals surface area contributed by atoms with Crippen molar-refractivity contribution in [2.75, 3.05) is 0 Å². The van der Waals surface area contributed by atoms with Gasteiger partial charge in [-0.2, -0.15) is 0 Å². The Bertz CT molecular complexity index is 1090. The number of nitrogens with zero attached hydrogens (tertiary/aromatic N) is 3. The Hall–Kier alpha value is -3.48. The highest BCUT2D eigenvalue weighted by molar-refractivity contribution is 6.01. The largest absolute Gasteiger partial charge is 0.294 e. The normalized spacial score (nSPS) is 11.6. The maximum absolute atomic E-state index is 13.1. The third kappa shape index (κ3) is 3.78. The number of hydrogen-bond donors (Lipinski definition) is 1. The lowest BCUT2D eigenvalue weighted by molar-refractivity contribution is -0.384. The lowest BCUT2D eigenvalue weighted by Gasteiger charge is -2.04. The van der Waals surface area contributed by atoms with Crippen molar-refractivity contribution in [2.24, 2.45) is 4.99 Å². The number of aromatic nitrogens is 2. The van der Waals surface area contributed by atoms with Crippen molar-refractivity contribution in [3.63, 3.8) is 0 Å². The van der Waals surface area contributed by atoms with Crippen LogP contribution in [0.1, 0.15) is 37.1 Å². The van der Waals surface area contributed by atoms with E-state index in [0.717, 1.165) is 23.4 Å². The minimum Gasteiger partial charge on any atom is -0.294 e. The van der Waals surface area contributed by atoms with Crippen molar-refractivity contribution in [2.45, 2.75) is 33.6 Å². The molecule has 144 valence electrons. The molecule has 7 heteroatoms. The molecule has 0 spiro atoms. The van der Waals surface area contributed by atoms with Crippen molar-refractivity contribution >= 4 is 17.1 Å². The second-order valence-corrected chi connectivity index (χ2v) is 6.62. The molecular formula is C21H22N4O3. The Morgan fingerprint density at radius 1 is 1.21 bits per heavy atom. The van der Waals surface area contributed by atoms with Crippen LogP contribution < -0.4 is 5.56 Å². The van der Waals surface area contributed by atoms with E-state index in [9.17, 15) is 14.9 Å². The van der Waals surface area contributed by atoms with Crippen LogP contribution in [0.15, 0.2) is 58.3 Å². The number of benzene rings is 2. The third-order valence-electron chi connectivity index (χ3n) is 4.53. The zero-order chi connectivity index (χ0) is 20.3. The molecule has 0 aliphatic heterocycles. The van der Waals surface area contributed by atoms with Gasteiger partial charge in [-0.1, -0.05) is 37.6 Å². The van der Waals surface area contributed by atoms with Gasteiger partial charge in [-0.15, -0.1) is 0 Å². The third-order valence-corrected chi connectivity index (χ3v) is 4.53. The summed E-state index contributed by atoms with van der Waals surface area (Å²) < 4.78 is 1.51. The molecule has 0 fully saturated rings. The van der Waals surface area contributed by atoms with E-state index in [2.05, 4.69) is 10.1 Å². The van der Waals surface area contributed by atoms with Gasteiger partial charge < -0.3 is 0 Å². The van der Waals surface area contributed by atoms with Gasteiger partial charge in [-0.05, 0) is 38.0 Å². The molecule has 1 aromatic heterocycles. The van der Waals surface area contributed by atoms with Gasteiger partial charge in [0.2, 0.25) is 0 Å². The van der Waals surface area contributed by atoms with Crippen LogP contribution in [0.3, 0.4) is 0 Å². The highest BCUT2D eigenvalue weighted by Gasteiger charge is 2.18. The number of nitro benzene ring substituents is 1. The van der Waals surface area contributed by atoms with Crippen LogP contribution in [0, 0.1) is 17.0 Å². The highest BCUT2D eigenvalue weighted by Crippen LogP contribution is 2.25. The van der Waals surface area contributed by atoms with Gasteiger partial charge in [0.15, 0.2) is 0 Å². The van der Waals surface area contributed by atoms with Gasteiger partial charge >= 0.3 is 0 Å². The Morgan fingerprint density at radius 2 is 1.93 bits per heavy atom. The summed E-state index contributed by atoms with van der Waals surface area (Å²) in [4.78, 5) is 28.3. The summed E-state index contributed by atoms with van der Waals surface area (Å²) in [5.74, 6) is 0. The Kier molecular flexibility index (Phi) is 5.54. The van der Waals surface area contributed by atoms with Crippen molar-refractivity contribution in [1.82, 2.24) is 9.78 Å². The Morgan fingerprint density at radius 3 is 2.57 bits per heavy atom. The molecule has 0 bridgehead atoms. The maximum atomic E-state index is 13.1. The molecule has 0 aliphatic rings. The monoisotopic (exact) mass is 378 g/mol. The van der Waals surface area contributed by atoms with E-state index in [-0.39, 0.29) is 11.2 Å². The highest BCUT2D eigenvalue weighted by atomic mass is 16.6. The first-order valence-corrected chi connectivity index (χ1v) is 9.12. The zero-order valence-electron chi connectivity index (χ0n) is 16.1. The molecule has 0 atom stereocenters. The average Bonchev–Trinajstić information content (AvgIpc) is 3.00. The van der Waals surface area contributed by atoms with Gasteiger partial charge in [0.25, 0.3) is 11.2 Å². The van der Waals surface area contributed by atoms with E-state index in [0.29, 0.717) is 23.4 Å². The molecule has 0 unspecified atom stereocenters. The first-order chi connectivity index (χ1) is 13.4. The fourth-order valence-corrected chi connectivity index (χ4v) is 3.11. The van der Waals surface area contributed by atoms with E-state index in [1.165, 1.54) is 16.8 Å². The number of non-ortho nitro benzene ring substituents is 1. The number of nitro groups is 1. The van der Waals surface area contributed by atoms with Crippen LogP contribution in [0.25, 0.3) is 5.69 Å². The van der Waals surface area contributed by atoms with Crippen LogP contribution in [0.4, 0.5) is 11.4 Å². The smallest absolute Gasteiger partial charge is 0.280 e. The first-order valence-electron chi connectivity index (χ1n) is 9.12. The molecule has 3 aromatic rings. The van der Waals surface area contributed by atoms with E-state index in [4.69, 9.17) is 0 Å². The second kappa shape index (κ2) is 8.04. The number of aromatic amines is 1. The molecule has 2 aromatic carbocycles. The lowest BCUT2D eigenvalue weighted by Crippen LogP contribution is -2.19. The first kappa shape index (κ1) is 19.3. The van der Waals surface area contributed by atoms with Crippen LogP contribution in [0.5, 0.6) is 0 Å². The van der Waals surface area contributed by atoms with Crippen LogP contribution in [-0.4, -0.2) is 20.4 Å². The van der Waals surface area contributed by atoms with Crippen molar-refractivity contribution in [3.05, 3.63) is 85.8 Å². The number of aliphatic imine (C=N–C) groups is 1.